The highest BCUT2D eigenvalue weighted by atomic mass is 32.2. The standard InChI is InChI=1S/C16H18N4O2S/c21-9-5-2-6-10-23-16-18-14-13(15(22)19-16)11-17-20(14)12-7-3-1-4-8-12/h1,3-4,7-8,11,21H,2,5-6,9-10H2,(H,18,19,22). The Morgan fingerprint density at radius 1 is 1.17 bits per heavy atom. The molecular weight excluding hydrogens is 312 g/mol. The summed E-state index contributed by atoms with van der Waals surface area (Å²) in [6.07, 6.45) is 4.30. The summed E-state index contributed by atoms with van der Waals surface area (Å²) in [6.45, 7) is 0.224. The van der Waals surface area contributed by atoms with Crippen LogP contribution in [0.4, 0.5) is 0 Å². The Hall–Kier alpha value is -2.12. The highest BCUT2D eigenvalue weighted by molar-refractivity contribution is 7.99. The quantitative estimate of drug-likeness (QED) is 0.395. The van der Waals surface area contributed by atoms with Gasteiger partial charge in [-0.3, -0.25) is 4.79 Å². The van der Waals surface area contributed by atoms with Gasteiger partial charge in [-0.2, -0.15) is 5.10 Å². The van der Waals surface area contributed by atoms with Gasteiger partial charge in [0.25, 0.3) is 5.56 Å². The molecule has 0 saturated carbocycles. The minimum Gasteiger partial charge on any atom is -0.396 e. The summed E-state index contributed by atoms with van der Waals surface area (Å²) in [5, 5.41) is 14.1. The SMILES string of the molecule is O=c1[nH]c(SCCCCCO)nc2c1cnn2-c1ccccc1. The molecule has 0 unspecified atom stereocenters. The van der Waals surface area contributed by atoms with Crippen LogP contribution in [0, 0.1) is 0 Å². The number of aliphatic hydroxyl groups is 1. The number of aliphatic hydroxyl groups excluding tert-OH is 1. The van der Waals surface area contributed by atoms with Crippen molar-refractivity contribution in [3.05, 3.63) is 46.9 Å². The van der Waals surface area contributed by atoms with E-state index in [4.69, 9.17) is 5.11 Å². The predicted octanol–water partition coefficient (Wildman–Crippen LogP) is 2.36. The van der Waals surface area contributed by atoms with E-state index >= 15 is 0 Å². The third kappa shape index (κ3) is 3.62. The van der Waals surface area contributed by atoms with Gasteiger partial charge in [-0.1, -0.05) is 36.4 Å². The molecule has 120 valence electrons. The summed E-state index contributed by atoms with van der Waals surface area (Å²) in [6, 6.07) is 9.64. The Bertz CT molecular complexity index is 829. The molecule has 7 heteroatoms. The Labute approximate surface area is 137 Å². The number of benzene rings is 1. The molecule has 0 aliphatic heterocycles. The lowest BCUT2D eigenvalue weighted by Gasteiger charge is -2.04. The molecule has 3 rings (SSSR count). The second kappa shape index (κ2) is 7.43. The van der Waals surface area contributed by atoms with E-state index in [1.54, 1.807) is 10.9 Å². The molecule has 0 atom stereocenters. The van der Waals surface area contributed by atoms with Crippen molar-refractivity contribution in [2.45, 2.75) is 24.4 Å². The molecule has 0 aliphatic carbocycles. The molecule has 2 aromatic heterocycles. The third-order valence-corrected chi connectivity index (χ3v) is 4.42. The molecule has 0 spiro atoms. The van der Waals surface area contributed by atoms with Gasteiger partial charge < -0.3 is 10.1 Å². The molecule has 6 nitrogen and oxygen atoms in total. The van der Waals surface area contributed by atoms with Gasteiger partial charge in [-0.25, -0.2) is 9.67 Å². The van der Waals surface area contributed by atoms with E-state index in [1.165, 1.54) is 11.8 Å². The molecule has 2 heterocycles. The highest BCUT2D eigenvalue weighted by Gasteiger charge is 2.11. The smallest absolute Gasteiger partial charge is 0.262 e. The summed E-state index contributed by atoms with van der Waals surface area (Å²) in [5.74, 6) is 0.855. The fraction of sp³-hybridized carbons (Fsp3) is 0.312. The summed E-state index contributed by atoms with van der Waals surface area (Å²) in [7, 11) is 0. The number of nitrogens with zero attached hydrogens (tertiary/aromatic N) is 3. The number of fused-ring (bicyclic) bond motifs is 1. The maximum atomic E-state index is 12.2. The van der Waals surface area contributed by atoms with Crippen LogP contribution in [-0.4, -0.2) is 37.2 Å². The average Bonchev–Trinajstić information content (AvgIpc) is 3.00. The fourth-order valence-corrected chi connectivity index (χ4v) is 3.14. The molecule has 1 aromatic carbocycles. The molecule has 0 saturated heterocycles. The maximum Gasteiger partial charge on any atom is 0.262 e. The molecule has 0 bridgehead atoms. The Kier molecular flexibility index (Phi) is 5.09. The molecule has 0 aliphatic rings. The fourth-order valence-electron chi connectivity index (χ4n) is 2.28. The zero-order chi connectivity index (χ0) is 16.1. The Morgan fingerprint density at radius 3 is 2.78 bits per heavy atom. The number of hydrogen-bond donors (Lipinski definition) is 2. The Morgan fingerprint density at radius 2 is 2.00 bits per heavy atom. The second-order valence-corrected chi connectivity index (χ2v) is 6.22. The van der Waals surface area contributed by atoms with Gasteiger partial charge in [0.05, 0.1) is 11.9 Å². The zero-order valence-corrected chi connectivity index (χ0v) is 13.4. The number of rotatable bonds is 7. The van der Waals surface area contributed by atoms with Gasteiger partial charge in [0.15, 0.2) is 10.8 Å². The van der Waals surface area contributed by atoms with Crippen LogP contribution in [0.2, 0.25) is 0 Å². The first kappa shape index (κ1) is 15.8. The minimum absolute atomic E-state index is 0.171. The normalized spacial score (nSPS) is 11.2. The number of para-hydroxylation sites is 1. The van der Waals surface area contributed by atoms with Crippen molar-refractivity contribution in [3.8, 4) is 5.69 Å². The van der Waals surface area contributed by atoms with Gasteiger partial charge in [-0.15, -0.1) is 0 Å². The first-order valence-corrected chi connectivity index (χ1v) is 8.55. The number of aromatic amines is 1. The van der Waals surface area contributed by atoms with E-state index in [9.17, 15) is 4.79 Å². The van der Waals surface area contributed by atoms with Crippen molar-refractivity contribution in [1.82, 2.24) is 19.7 Å². The third-order valence-electron chi connectivity index (χ3n) is 3.46. The van der Waals surface area contributed by atoms with Crippen LogP contribution < -0.4 is 5.56 Å². The van der Waals surface area contributed by atoms with E-state index in [0.29, 0.717) is 16.2 Å². The number of hydrogen-bond acceptors (Lipinski definition) is 5. The van der Waals surface area contributed by atoms with E-state index in [1.807, 2.05) is 30.3 Å². The van der Waals surface area contributed by atoms with Crippen LogP contribution in [-0.2, 0) is 0 Å². The maximum absolute atomic E-state index is 12.2. The minimum atomic E-state index is -0.171. The average molecular weight is 330 g/mol. The first-order valence-electron chi connectivity index (χ1n) is 7.57. The van der Waals surface area contributed by atoms with Crippen molar-refractivity contribution in [2.24, 2.45) is 0 Å². The molecule has 3 aromatic rings. The lowest BCUT2D eigenvalue weighted by molar-refractivity contribution is 0.284. The lowest BCUT2D eigenvalue weighted by atomic mass is 10.3. The summed E-state index contributed by atoms with van der Waals surface area (Å²) >= 11 is 1.52. The van der Waals surface area contributed by atoms with Crippen molar-refractivity contribution in [1.29, 1.82) is 0 Å². The first-order chi connectivity index (χ1) is 11.3. The summed E-state index contributed by atoms with van der Waals surface area (Å²) < 4.78 is 1.68. The number of nitrogens with one attached hydrogen (secondary N) is 1. The lowest BCUT2D eigenvalue weighted by Crippen LogP contribution is -2.09. The van der Waals surface area contributed by atoms with Crippen molar-refractivity contribution in [3.63, 3.8) is 0 Å². The molecule has 23 heavy (non-hydrogen) atoms. The zero-order valence-electron chi connectivity index (χ0n) is 12.6. The van der Waals surface area contributed by atoms with Gasteiger partial charge in [0.1, 0.15) is 5.39 Å². The highest BCUT2D eigenvalue weighted by Crippen LogP contribution is 2.18. The Balaban J connectivity index is 1.86. The number of thioether (sulfide) groups is 1. The molecule has 0 radical (unpaired) electrons. The van der Waals surface area contributed by atoms with Gasteiger partial charge >= 0.3 is 0 Å². The van der Waals surface area contributed by atoms with Crippen molar-refractivity contribution >= 4 is 22.8 Å². The van der Waals surface area contributed by atoms with Crippen LogP contribution in [0.3, 0.4) is 0 Å². The molecular formula is C16H18N4O2S. The monoisotopic (exact) mass is 330 g/mol. The largest absolute Gasteiger partial charge is 0.396 e. The van der Waals surface area contributed by atoms with Crippen LogP contribution >= 0.6 is 11.8 Å². The summed E-state index contributed by atoms with van der Waals surface area (Å²) in [5.41, 5.74) is 1.27. The van der Waals surface area contributed by atoms with Crippen molar-refractivity contribution in [2.75, 3.05) is 12.4 Å². The van der Waals surface area contributed by atoms with Crippen LogP contribution in [0.25, 0.3) is 16.7 Å². The summed E-state index contributed by atoms with van der Waals surface area (Å²) in [4.78, 5) is 19.5. The second-order valence-electron chi connectivity index (χ2n) is 5.13. The number of H-pyrrole nitrogens is 1. The van der Waals surface area contributed by atoms with Gasteiger partial charge in [-0.05, 0) is 25.0 Å². The topological polar surface area (TPSA) is 83.8 Å². The van der Waals surface area contributed by atoms with Gasteiger partial charge in [0.2, 0.25) is 0 Å². The van der Waals surface area contributed by atoms with E-state index in [0.717, 1.165) is 30.7 Å². The van der Waals surface area contributed by atoms with E-state index in [2.05, 4.69) is 15.1 Å². The van der Waals surface area contributed by atoms with Crippen LogP contribution in [0.5, 0.6) is 0 Å². The van der Waals surface area contributed by atoms with Crippen molar-refractivity contribution < 1.29 is 5.11 Å². The van der Waals surface area contributed by atoms with E-state index in [-0.39, 0.29) is 12.2 Å². The van der Waals surface area contributed by atoms with Gasteiger partial charge in [0, 0.05) is 12.4 Å². The predicted molar refractivity (Wildman–Crippen MR) is 91.1 cm³/mol. The molecule has 0 fully saturated rings. The molecule has 2 N–H and O–H groups in total. The molecule has 0 amide bonds. The number of unbranched alkanes of at least 4 members (excludes halogenated alkanes) is 2. The van der Waals surface area contributed by atoms with Crippen LogP contribution in [0.1, 0.15) is 19.3 Å². The number of aromatic nitrogens is 4. The van der Waals surface area contributed by atoms with E-state index < -0.39 is 0 Å². The van der Waals surface area contributed by atoms with Crippen LogP contribution in [0.15, 0.2) is 46.5 Å².